The van der Waals surface area contributed by atoms with Gasteiger partial charge in [-0.15, -0.1) is 0 Å². The lowest BCUT2D eigenvalue weighted by atomic mass is 10.1. The molecule has 1 fully saturated rings. The summed E-state index contributed by atoms with van der Waals surface area (Å²) in [5, 5.41) is 10.1. The number of nitrogens with one attached hydrogen (secondary N) is 1. The average molecular weight is 402 g/mol. The van der Waals surface area contributed by atoms with Crippen molar-refractivity contribution >= 4 is 34.4 Å². The van der Waals surface area contributed by atoms with Crippen molar-refractivity contribution < 1.29 is 14.7 Å². The number of aromatic nitrogens is 4. The average Bonchev–Trinajstić information content (AvgIpc) is 3.14. The second-order valence-electron chi connectivity index (χ2n) is 6.42. The molecular weight excluding hydrogens is 384 g/mol. The van der Waals surface area contributed by atoms with Crippen LogP contribution < -0.4 is 15.8 Å². The smallest absolute Gasteiger partial charge is 0.341 e. The lowest BCUT2D eigenvalue weighted by molar-refractivity contribution is 0.0174. The van der Waals surface area contributed by atoms with Crippen molar-refractivity contribution in [1.29, 1.82) is 0 Å². The summed E-state index contributed by atoms with van der Waals surface area (Å²) in [6.07, 6.45) is 2.64. The fourth-order valence-electron chi connectivity index (χ4n) is 3.15. The Morgan fingerprint density at radius 2 is 2.25 bits per heavy atom. The highest BCUT2D eigenvalue weighted by molar-refractivity contribution is 7.08. The predicted octanol–water partition coefficient (Wildman–Crippen LogP) is 0.974. The summed E-state index contributed by atoms with van der Waals surface area (Å²) in [5.74, 6) is -0.582. The Morgan fingerprint density at radius 3 is 2.89 bits per heavy atom. The number of hydrogen-bond acceptors (Lipinski definition) is 9. The molecule has 0 unspecified atom stereocenters. The minimum Gasteiger partial charge on any atom is -0.477 e. The van der Waals surface area contributed by atoms with Crippen LogP contribution in [-0.4, -0.2) is 55.7 Å². The van der Waals surface area contributed by atoms with Crippen LogP contribution in [0.4, 0.5) is 5.82 Å². The molecule has 0 bridgehead atoms. The normalized spacial score (nSPS) is 14.4. The molecule has 1 saturated heterocycles. The number of carboxylic acid groups (broad SMARTS) is 1. The molecule has 3 aromatic rings. The number of nitrogens with zero attached hydrogens (tertiary/aromatic N) is 5. The van der Waals surface area contributed by atoms with Crippen molar-refractivity contribution in [2.24, 2.45) is 0 Å². The predicted molar refractivity (Wildman–Crippen MR) is 103 cm³/mol. The number of fused-ring (bicyclic) bond motifs is 1. The fraction of sp³-hybridized carbons (Fsp3) is 0.353. The van der Waals surface area contributed by atoms with Gasteiger partial charge in [0.1, 0.15) is 17.7 Å². The van der Waals surface area contributed by atoms with Gasteiger partial charge < -0.3 is 14.8 Å². The van der Waals surface area contributed by atoms with Crippen LogP contribution in [0, 0.1) is 6.92 Å². The Labute approximate surface area is 163 Å². The number of rotatable bonds is 6. The highest BCUT2D eigenvalue weighted by Crippen LogP contribution is 2.26. The van der Waals surface area contributed by atoms with Crippen LogP contribution in [0.2, 0.25) is 0 Å². The Hall–Kier alpha value is -2.89. The molecule has 1 aliphatic rings. The van der Waals surface area contributed by atoms with E-state index < -0.39 is 11.4 Å². The zero-order valence-electron chi connectivity index (χ0n) is 15.2. The zero-order valence-corrected chi connectivity index (χ0v) is 16.1. The van der Waals surface area contributed by atoms with E-state index in [-0.39, 0.29) is 17.0 Å². The van der Waals surface area contributed by atoms with Crippen LogP contribution in [-0.2, 0) is 4.84 Å². The van der Waals surface area contributed by atoms with Gasteiger partial charge in [-0.1, -0.05) is 0 Å². The summed E-state index contributed by atoms with van der Waals surface area (Å²) in [6, 6.07) is 2.01. The molecule has 0 radical (unpaired) electrons. The molecule has 4 heterocycles. The summed E-state index contributed by atoms with van der Waals surface area (Å²) in [5.41, 5.74) is 3.12. The summed E-state index contributed by atoms with van der Waals surface area (Å²) >= 11 is 1.09. The van der Waals surface area contributed by atoms with E-state index in [4.69, 9.17) is 4.84 Å². The molecular formula is C17H18N6O4S. The van der Waals surface area contributed by atoms with Crippen LogP contribution >= 0.6 is 11.5 Å². The minimum atomic E-state index is -1.29. The van der Waals surface area contributed by atoms with Crippen molar-refractivity contribution in [3.8, 4) is 5.13 Å². The topological polar surface area (TPSA) is 122 Å². The summed E-state index contributed by atoms with van der Waals surface area (Å²) in [4.78, 5) is 40.4. The largest absolute Gasteiger partial charge is 0.477 e. The first-order valence-electron chi connectivity index (χ1n) is 8.69. The minimum absolute atomic E-state index is 0.206. The summed E-state index contributed by atoms with van der Waals surface area (Å²) in [6.45, 7) is 5.71. The van der Waals surface area contributed by atoms with E-state index in [9.17, 15) is 14.7 Å². The monoisotopic (exact) mass is 402 g/mol. The first-order chi connectivity index (χ1) is 13.5. The quantitative estimate of drug-likeness (QED) is 0.581. The Morgan fingerprint density at radius 1 is 1.46 bits per heavy atom. The van der Waals surface area contributed by atoms with E-state index in [1.54, 1.807) is 13.0 Å². The van der Waals surface area contributed by atoms with E-state index in [0.29, 0.717) is 41.9 Å². The van der Waals surface area contributed by atoms with Gasteiger partial charge in [-0.2, -0.15) is 9.85 Å². The van der Waals surface area contributed by atoms with Gasteiger partial charge in [-0.25, -0.2) is 14.8 Å². The SMILES string of the molecule is CCONC1CN(c2cc(C)c3c(=O)c(C(=O)O)cn(-c4ncns4)c3n2)C1. The molecule has 1 aliphatic heterocycles. The number of hydroxylamine groups is 1. The van der Waals surface area contributed by atoms with Gasteiger partial charge >= 0.3 is 5.97 Å². The maximum absolute atomic E-state index is 12.7. The van der Waals surface area contributed by atoms with Crippen LogP contribution in [0.15, 0.2) is 23.4 Å². The first-order valence-corrected chi connectivity index (χ1v) is 9.46. The number of aryl methyl sites for hydroxylation is 1. The number of pyridine rings is 2. The second-order valence-corrected chi connectivity index (χ2v) is 7.18. The maximum atomic E-state index is 12.7. The molecule has 3 aromatic heterocycles. The van der Waals surface area contributed by atoms with Crippen molar-refractivity contribution in [2.45, 2.75) is 19.9 Å². The molecule has 0 aliphatic carbocycles. The van der Waals surface area contributed by atoms with Crippen LogP contribution in [0.5, 0.6) is 0 Å². The lowest BCUT2D eigenvalue weighted by Gasteiger charge is -2.40. The Balaban J connectivity index is 1.83. The number of aromatic carboxylic acids is 1. The molecule has 4 rings (SSSR count). The molecule has 146 valence electrons. The third-order valence-corrected chi connectivity index (χ3v) is 5.19. The molecule has 2 N–H and O–H groups in total. The molecule has 28 heavy (non-hydrogen) atoms. The molecule has 0 atom stereocenters. The third-order valence-electron chi connectivity index (χ3n) is 4.53. The molecule has 0 amide bonds. The van der Waals surface area contributed by atoms with Crippen molar-refractivity contribution in [2.75, 3.05) is 24.6 Å². The van der Waals surface area contributed by atoms with E-state index in [2.05, 4.69) is 24.7 Å². The number of anilines is 1. The Kier molecular flexibility index (Phi) is 4.79. The van der Waals surface area contributed by atoms with E-state index >= 15 is 0 Å². The molecule has 11 heteroatoms. The lowest BCUT2D eigenvalue weighted by Crippen LogP contribution is -2.58. The van der Waals surface area contributed by atoms with Crippen LogP contribution in [0.25, 0.3) is 16.2 Å². The van der Waals surface area contributed by atoms with Crippen LogP contribution in [0.3, 0.4) is 0 Å². The second kappa shape index (κ2) is 7.26. The first kappa shape index (κ1) is 18.5. The Bertz CT molecular complexity index is 1090. The molecule has 10 nitrogen and oxygen atoms in total. The van der Waals surface area contributed by atoms with E-state index in [1.165, 1.54) is 17.1 Å². The van der Waals surface area contributed by atoms with Crippen molar-refractivity contribution in [3.05, 3.63) is 39.9 Å². The van der Waals surface area contributed by atoms with Gasteiger partial charge in [0.25, 0.3) is 0 Å². The molecule has 0 spiro atoms. The van der Waals surface area contributed by atoms with Gasteiger partial charge in [0.2, 0.25) is 10.6 Å². The van der Waals surface area contributed by atoms with Gasteiger partial charge in [0, 0.05) is 30.8 Å². The van der Waals surface area contributed by atoms with Gasteiger partial charge in [0.05, 0.1) is 18.0 Å². The highest BCUT2D eigenvalue weighted by atomic mass is 32.1. The number of carbonyl (C=O) groups is 1. The van der Waals surface area contributed by atoms with Crippen molar-refractivity contribution in [3.63, 3.8) is 0 Å². The molecule has 0 aromatic carbocycles. The van der Waals surface area contributed by atoms with E-state index in [1.807, 2.05) is 6.92 Å². The fourth-order valence-corrected chi connectivity index (χ4v) is 3.66. The van der Waals surface area contributed by atoms with E-state index in [0.717, 1.165) is 11.5 Å². The van der Waals surface area contributed by atoms with Gasteiger partial charge in [0.15, 0.2) is 5.65 Å². The van der Waals surface area contributed by atoms with Crippen LogP contribution in [0.1, 0.15) is 22.8 Å². The third kappa shape index (κ3) is 3.13. The summed E-state index contributed by atoms with van der Waals surface area (Å²) < 4.78 is 5.49. The zero-order chi connectivity index (χ0) is 19.8. The standard InChI is InChI=1S/C17H18N6O4S/c1-3-27-21-10-5-22(6-10)12-4-9(2)13-14(24)11(16(25)26)7-23(15(13)20-12)17-18-8-19-28-17/h4,7-8,10,21H,3,5-6H2,1-2H3,(H,25,26). The highest BCUT2D eigenvalue weighted by Gasteiger charge is 2.29. The van der Waals surface area contributed by atoms with Gasteiger partial charge in [-0.3, -0.25) is 9.36 Å². The number of hydrogen-bond donors (Lipinski definition) is 2. The molecule has 0 saturated carbocycles. The van der Waals surface area contributed by atoms with Gasteiger partial charge in [-0.05, 0) is 25.5 Å². The maximum Gasteiger partial charge on any atom is 0.341 e. The van der Waals surface area contributed by atoms with Crippen molar-refractivity contribution in [1.82, 2.24) is 24.4 Å². The number of carboxylic acids is 1. The summed E-state index contributed by atoms with van der Waals surface area (Å²) in [7, 11) is 0.